The van der Waals surface area contributed by atoms with E-state index in [0.29, 0.717) is 22.3 Å². The highest BCUT2D eigenvalue weighted by molar-refractivity contribution is 7.22. The van der Waals surface area contributed by atoms with Gasteiger partial charge in [-0.05, 0) is 56.7 Å². The van der Waals surface area contributed by atoms with Crippen molar-refractivity contribution in [1.29, 1.82) is 0 Å². The molecule has 4 aromatic rings. The molecule has 168 valence electrons. The van der Waals surface area contributed by atoms with Crippen LogP contribution in [0.15, 0.2) is 61.2 Å². The Kier molecular flexibility index (Phi) is 8.12. The number of thiazole rings is 1. The number of aromatic nitrogens is 3. The first-order valence-corrected chi connectivity index (χ1v) is 11.3. The van der Waals surface area contributed by atoms with E-state index >= 15 is 0 Å². The Morgan fingerprint density at radius 1 is 1.22 bits per heavy atom. The number of nitrogens with zero attached hydrogens (tertiary/aromatic N) is 4. The molecule has 0 atom stereocenters. The summed E-state index contributed by atoms with van der Waals surface area (Å²) in [6, 6.07) is 12.9. The number of rotatable bonds is 8. The summed E-state index contributed by atoms with van der Waals surface area (Å²) in [5, 5.41) is 1.22. The molecule has 0 N–H and O–H groups in total. The number of benzene rings is 2. The predicted octanol–water partition coefficient (Wildman–Crippen LogP) is 6.09. The lowest BCUT2D eigenvalue weighted by Crippen LogP contribution is -2.32. The van der Waals surface area contributed by atoms with Gasteiger partial charge < -0.3 is 9.30 Å². The average Bonchev–Trinajstić information content (AvgIpc) is 3.41. The highest BCUT2D eigenvalue weighted by Gasteiger charge is 2.22. The zero-order valence-corrected chi connectivity index (χ0v) is 20.2. The van der Waals surface area contributed by atoms with Crippen molar-refractivity contribution in [2.24, 2.45) is 0 Å². The summed E-state index contributed by atoms with van der Waals surface area (Å²) in [4.78, 5) is 23.9. The Balaban J connectivity index is 0.00000289. The van der Waals surface area contributed by atoms with Crippen LogP contribution < -0.4 is 9.64 Å². The molecular weight excluding hydrogens is 467 g/mol. The quantitative estimate of drug-likeness (QED) is 0.299. The number of fused-ring (bicyclic) bond motifs is 1. The normalized spacial score (nSPS) is 10.9. The number of imidazole rings is 1. The largest absolute Gasteiger partial charge is 0.491 e. The first-order valence-electron chi connectivity index (χ1n) is 10.1. The molecule has 4 rings (SSSR count). The van der Waals surface area contributed by atoms with E-state index in [2.05, 4.69) is 9.97 Å². The highest BCUT2D eigenvalue weighted by Crippen LogP contribution is 2.33. The molecule has 0 fully saturated rings. The van der Waals surface area contributed by atoms with E-state index in [4.69, 9.17) is 16.3 Å². The number of aryl methyl sites for hydroxylation is 1. The van der Waals surface area contributed by atoms with Crippen molar-refractivity contribution in [3.05, 3.63) is 71.8 Å². The van der Waals surface area contributed by atoms with Crippen LogP contribution in [0.2, 0.25) is 5.02 Å². The molecule has 1 amide bonds. The van der Waals surface area contributed by atoms with Crippen molar-refractivity contribution < 1.29 is 9.53 Å². The smallest absolute Gasteiger partial charge is 0.260 e. The Morgan fingerprint density at radius 2 is 2.00 bits per heavy atom. The Hall–Kier alpha value is -2.61. The predicted molar refractivity (Wildman–Crippen MR) is 133 cm³/mol. The minimum Gasteiger partial charge on any atom is -0.491 e. The van der Waals surface area contributed by atoms with Crippen LogP contribution in [0.25, 0.3) is 10.2 Å². The van der Waals surface area contributed by atoms with E-state index in [1.54, 1.807) is 29.6 Å². The zero-order chi connectivity index (χ0) is 21.8. The molecule has 0 radical (unpaired) electrons. The molecule has 6 nitrogen and oxygen atoms in total. The number of carbonyl (C=O) groups excluding carboxylic acids is 1. The molecule has 0 aliphatic heterocycles. The number of halogens is 2. The SMILES string of the molecule is CC(C)Oc1ccc(C(=O)N(CCCn2ccnc2)c2nc3c(Cl)cccc3s2)cc1.Cl. The molecule has 2 aromatic carbocycles. The van der Waals surface area contributed by atoms with Gasteiger partial charge in [0.2, 0.25) is 0 Å². The second kappa shape index (κ2) is 10.8. The third-order valence-corrected chi connectivity index (χ3v) is 6.01. The van der Waals surface area contributed by atoms with Gasteiger partial charge in [-0.2, -0.15) is 0 Å². The summed E-state index contributed by atoms with van der Waals surface area (Å²) in [7, 11) is 0. The van der Waals surface area contributed by atoms with Gasteiger partial charge in [0.15, 0.2) is 5.13 Å². The van der Waals surface area contributed by atoms with Gasteiger partial charge >= 0.3 is 0 Å². The topological polar surface area (TPSA) is 60.2 Å². The van der Waals surface area contributed by atoms with Crippen molar-refractivity contribution in [2.75, 3.05) is 11.4 Å². The van der Waals surface area contributed by atoms with Gasteiger partial charge in [-0.25, -0.2) is 9.97 Å². The van der Waals surface area contributed by atoms with Crippen molar-refractivity contribution >= 4 is 56.6 Å². The minimum atomic E-state index is -0.100. The molecule has 0 saturated carbocycles. The number of carbonyl (C=O) groups is 1. The number of anilines is 1. The molecule has 32 heavy (non-hydrogen) atoms. The number of para-hydroxylation sites is 1. The van der Waals surface area contributed by atoms with Gasteiger partial charge in [-0.15, -0.1) is 12.4 Å². The van der Waals surface area contributed by atoms with Gasteiger partial charge in [0.1, 0.15) is 11.3 Å². The van der Waals surface area contributed by atoms with Crippen LogP contribution in [0.3, 0.4) is 0 Å². The Labute approximate surface area is 202 Å². The monoisotopic (exact) mass is 490 g/mol. The molecule has 0 aliphatic rings. The summed E-state index contributed by atoms with van der Waals surface area (Å²) in [6.07, 6.45) is 6.28. The van der Waals surface area contributed by atoms with Crippen molar-refractivity contribution in [3.8, 4) is 5.75 Å². The second-order valence-corrected chi connectivity index (χ2v) is 8.80. The van der Waals surface area contributed by atoms with Crippen LogP contribution in [-0.2, 0) is 6.54 Å². The number of hydrogen-bond donors (Lipinski definition) is 0. The lowest BCUT2D eigenvalue weighted by Gasteiger charge is -2.20. The van der Waals surface area contributed by atoms with E-state index in [-0.39, 0.29) is 24.4 Å². The summed E-state index contributed by atoms with van der Waals surface area (Å²) in [6.45, 7) is 5.23. The fourth-order valence-corrected chi connectivity index (χ4v) is 4.53. The molecule has 0 spiro atoms. The molecule has 0 saturated heterocycles. The molecule has 2 heterocycles. The maximum atomic E-state index is 13.4. The molecule has 9 heteroatoms. The first kappa shape index (κ1) is 24.0. The van der Waals surface area contributed by atoms with Crippen LogP contribution in [-0.4, -0.2) is 33.1 Å². The van der Waals surface area contributed by atoms with E-state index in [1.807, 2.05) is 54.9 Å². The van der Waals surface area contributed by atoms with E-state index in [1.165, 1.54) is 11.3 Å². The standard InChI is InChI=1S/C23H23ClN4O2S.ClH/c1-16(2)30-18-9-7-17(8-10-18)22(29)28(13-4-12-27-14-11-25-15-27)23-26-21-19(24)5-3-6-20(21)31-23;/h3,5-11,14-16H,4,12-13H2,1-2H3;1H. The van der Waals surface area contributed by atoms with Crippen molar-refractivity contribution in [2.45, 2.75) is 32.9 Å². The summed E-state index contributed by atoms with van der Waals surface area (Å²) >= 11 is 7.79. The van der Waals surface area contributed by atoms with Crippen LogP contribution in [0, 0.1) is 0 Å². The van der Waals surface area contributed by atoms with Crippen molar-refractivity contribution in [3.63, 3.8) is 0 Å². The van der Waals surface area contributed by atoms with Gasteiger partial charge in [-0.1, -0.05) is 29.0 Å². The maximum Gasteiger partial charge on any atom is 0.260 e. The minimum absolute atomic E-state index is 0. The maximum absolute atomic E-state index is 13.4. The number of amides is 1. The fourth-order valence-electron chi connectivity index (χ4n) is 3.24. The van der Waals surface area contributed by atoms with Gasteiger partial charge in [0.25, 0.3) is 5.91 Å². The van der Waals surface area contributed by atoms with Crippen LogP contribution in [0.4, 0.5) is 5.13 Å². The van der Waals surface area contributed by atoms with Crippen LogP contribution in [0.1, 0.15) is 30.6 Å². The number of ether oxygens (including phenoxy) is 1. The Bertz CT molecular complexity index is 1160. The first-order chi connectivity index (χ1) is 15.0. The molecular formula is C23H24Cl2N4O2S. The van der Waals surface area contributed by atoms with Gasteiger partial charge in [-0.3, -0.25) is 9.69 Å². The third-order valence-electron chi connectivity index (χ3n) is 4.66. The summed E-state index contributed by atoms with van der Waals surface area (Å²) in [5.74, 6) is 0.641. The lowest BCUT2D eigenvalue weighted by atomic mass is 10.2. The summed E-state index contributed by atoms with van der Waals surface area (Å²) in [5.41, 5.74) is 1.31. The lowest BCUT2D eigenvalue weighted by molar-refractivity contribution is 0.0986. The summed E-state index contributed by atoms with van der Waals surface area (Å²) < 4.78 is 8.65. The molecule has 0 aliphatic carbocycles. The van der Waals surface area contributed by atoms with E-state index in [0.717, 1.165) is 28.9 Å². The van der Waals surface area contributed by atoms with Gasteiger partial charge in [0, 0.05) is 31.0 Å². The molecule has 2 aromatic heterocycles. The zero-order valence-electron chi connectivity index (χ0n) is 17.8. The molecule has 0 bridgehead atoms. The van der Waals surface area contributed by atoms with Gasteiger partial charge in [0.05, 0.1) is 22.2 Å². The highest BCUT2D eigenvalue weighted by atomic mass is 35.5. The van der Waals surface area contributed by atoms with E-state index in [9.17, 15) is 4.79 Å². The van der Waals surface area contributed by atoms with Crippen molar-refractivity contribution in [1.82, 2.24) is 14.5 Å². The van der Waals surface area contributed by atoms with E-state index < -0.39 is 0 Å². The second-order valence-electron chi connectivity index (χ2n) is 7.38. The average molecular weight is 491 g/mol. The Morgan fingerprint density at radius 3 is 2.66 bits per heavy atom. The van der Waals surface area contributed by atoms with Crippen LogP contribution in [0.5, 0.6) is 5.75 Å². The third kappa shape index (κ3) is 5.59. The number of hydrogen-bond acceptors (Lipinski definition) is 5. The fraction of sp³-hybridized carbons (Fsp3) is 0.261. The van der Waals surface area contributed by atoms with Crippen LogP contribution >= 0.6 is 35.3 Å². The molecule has 0 unspecified atom stereocenters.